The number of rotatable bonds is 18. The maximum Gasteiger partial charge on any atom is 0.129 e. The number of aliphatic hydroxyl groups is 3. The number of allylic oxidation sites excluding steroid dienone is 1. The SMILES string of the molecule is CCCCCCCCCCCCCCC(=C=O)C(=C=O)C(CO)(CO)CO. The maximum absolute atomic E-state index is 11.3. The van der Waals surface area contributed by atoms with E-state index in [0.29, 0.717) is 6.42 Å². The van der Waals surface area contributed by atoms with Crippen molar-refractivity contribution in [2.75, 3.05) is 19.8 Å². The molecule has 156 valence electrons. The lowest BCUT2D eigenvalue weighted by atomic mass is 9.78. The van der Waals surface area contributed by atoms with Crippen molar-refractivity contribution in [1.29, 1.82) is 0 Å². The predicted octanol–water partition coefficient (Wildman–Crippen LogP) is 3.56. The summed E-state index contributed by atoms with van der Waals surface area (Å²) in [5.74, 6) is 3.36. The van der Waals surface area contributed by atoms with Crippen LogP contribution >= 0.6 is 0 Å². The van der Waals surface area contributed by atoms with Crippen LogP contribution in [0.5, 0.6) is 0 Å². The van der Waals surface area contributed by atoms with Crippen LogP contribution in [0.4, 0.5) is 0 Å². The molecule has 0 aliphatic carbocycles. The standard InChI is InChI=1S/C22H38O5/c1-2-3-4-5-6-7-8-9-10-11-12-13-14-20(15-23)21(16-24)22(17-25,18-26)19-27/h25-27H,2-14,17-19H2,1H3. The van der Waals surface area contributed by atoms with E-state index in [-0.39, 0.29) is 11.1 Å². The molecule has 0 aromatic heterocycles. The number of hydrogen-bond acceptors (Lipinski definition) is 5. The zero-order valence-electron chi connectivity index (χ0n) is 17.0. The molecular weight excluding hydrogens is 344 g/mol. The fourth-order valence-electron chi connectivity index (χ4n) is 3.25. The molecule has 0 saturated heterocycles. The molecule has 0 rings (SSSR count). The van der Waals surface area contributed by atoms with Crippen LogP contribution in [0.3, 0.4) is 0 Å². The van der Waals surface area contributed by atoms with Gasteiger partial charge in [0.1, 0.15) is 11.9 Å². The molecule has 0 aliphatic heterocycles. The van der Waals surface area contributed by atoms with Crippen LogP contribution in [-0.4, -0.2) is 47.0 Å². The fourth-order valence-corrected chi connectivity index (χ4v) is 3.25. The number of unbranched alkanes of at least 4 members (excludes halogenated alkanes) is 11. The first-order valence-electron chi connectivity index (χ1n) is 10.5. The van der Waals surface area contributed by atoms with Gasteiger partial charge < -0.3 is 15.3 Å². The lowest BCUT2D eigenvalue weighted by molar-refractivity contribution is 0.0355. The highest BCUT2D eigenvalue weighted by Crippen LogP contribution is 2.31. The summed E-state index contributed by atoms with van der Waals surface area (Å²) in [6.07, 6.45) is 14.7. The summed E-state index contributed by atoms with van der Waals surface area (Å²) in [4.78, 5) is 22.5. The minimum Gasteiger partial charge on any atom is -0.395 e. The largest absolute Gasteiger partial charge is 0.395 e. The third-order valence-corrected chi connectivity index (χ3v) is 5.25. The third-order valence-electron chi connectivity index (χ3n) is 5.25. The van der Waals surface area contributed by atoms with Crippen molar-refractivity contribution in [3.05, 3.63) is 11.1 Å². The van der Waals surface area contributed by atoms with E-state index in [1.807, 2.05) is 0 Å². The smallest absolute Gasteiger partial charge is 0.129 e. The molecule has 5 nitrogen and oxygen atoms in total. The van der Waals surface area contributed by atoms with Crippen LogP contribution in [0.1, 0.15) is 90.4 Å². The van der Waals surface area contributed by atoms with Crippen molar-refractivity contribution in [1.82, 2.24) is 0 Å². The quantitative estimate of drug-likeness (QED) is 0.191. The van der Waals surface area contributed by atoms with Crippen molar-refractivity contribution in [3.8, 4) is 0 Å². The molecule has 0 fully saturated rings. The second kappa shape index (κ2) is 16.9. The van der Waals surface area contributed by atoms with Crippen LogP contribution in [-0.2, 0) is 9.59 Å². The monoisotopic (exact) mass is 382 g/mol. The zero-order chi connectivity index (χ0) is 20.4. The lowest BCUT2D eigenvalue weighted by Gasteiger charge is -2.28. The van der Waals surface area contributed by atoms with Crippen LogP contribution in [0, 0.1) is 5.41 Å². The second-order valence-corrected chi connectivity index (χ2v) is 7.45. The lowest BCUT2D eigenvalue weighted by Crippen LogP contribution is -2.37. The van der Waals surface area contributed by atoms with E-state index in [4.69, 9.17) is 0 Å². The van der Waals surface area contributed by atoms with Gasteiger partial charge in [0.2, 0.25) is 0 Å². The molecular formula is C22H38O5. The molecule has 0 heterocycles. The van der Waals surface area contributed by atoms with Crippen molar-refractivity contribution in [3.63, 3.8) is 0 Å². The van der Waals surface area contributed by atoms with Crippen LogP contribution in [0.15, 0.2) is 11.1 Å². The maximum atomic E-state index is 11.3. The van der Waals surface area contributed by atoms with E-state index in [1.54, 1.807) is 11.9 Å². The van der Waals surface area contributed by atoms with Gasteiger partial charge in [0, 0.05) is 0 Å². The molecule has 0 aromatic carbocycles. The molecule has 0 radical (unpaired) electrons. The topological polar surface area (TPSA) is 94.8 Å². The minimum atomic E-state index is -1.54. The Balaban J connectivity index is 4.05. The molecule has 0 unspecified atom stereocenters. The van der Waals surface area contributed by atoms with Gasteiger partial charge in [-0.3, -0.25) is 0 Å². The first-order valence-corrected chi connectivity index (χ1v) is 10.5. The molecule has 0 aliphatic rings. The van der Waals surface area contributed by atoms with Gasteiger partial charge in [0.05, 0.1) is 36.4 Å². The number of hydrogen-bond donors (Lipinski definition) is 3. The van der Waals surface area contributed by atoms with Crippen LogP contribution in [0.25, 0.3) is 0 Å². The Hall–Kier alpha value is -1.22. The van der Waals surface area contributed by atoms with Gasteiger partial charge >= 0.3 is 0 Å². The molecule has 0 saturated carbocycles. The predicted molar refractivity (Wildman–Crippen MR) is 108 cm³/mol. The van der Waals surface area contributed by atoms with Gasteiger partial charge in [-0.05, 0) is 12.8 Å². The first-order chi connectivity index (χ1) is 13.2. The van der Waals surface area contributed by atoms with Crippen molar-refractivity contribution in [2.24, 2.45) is 5.41 Å². The third kappa shape index (κ3) is 10.0. The van der Waals surface area contributed by atoms with Crippen molar-refractivity contribution < 1.29 is 24.9 Å². The van der Waals surface area contributed by atoms with Crippen LogP contribution < -0.4 is 0 Å². The second-order valence-electron chi connectivity index (χ2n) is 7.45. The first kappa shape index (κ1) is 25.8. The molecule has 0 amide bonds. The highest BCUT2D eigenvalue weighted by molar-refractivity contribution is 5.73. The van der Waals surface area contributed by atoms with Gasteiger partial charge in [-0.25, -0.2) is 9.59 Å². The van der Waals surface area contributed by atoms with E-state index in [1.165, 1.54) is 57.8 Å². The highest BCUT2D eigenvalue weighted by atomic mass is 16.3. The number of carbonyl (C=O) groups excluding carboxylic acids is 2. The van der Waals surface area contributed by atoms with Crippen molar-refractivity contribution in [2.45, 2.75) is 90.4 Å². The summed E-state index contributed by atoms with van der Waals surface area (Å²) in [7, 11) is 0. The zero-order valence-corrected chi connectivity index (χ0v) is 17.0. The van der Waals surface area contributed by atoms with E-state index in [9.17, 15) is 24.9 Å². The Bertz CT molecular complexity index is 461. The summed E-state index contributed by atoms with van der Waals surface area (Å²) < 4.78 is 0. The summed E-state index contributed by atoms with van der Waals surface area (Å²) in [5.41, 5.74) is -1.60. The Morgan fingerprint density at radius 1 is 0.667 bits per heavy atom. The Labute approximate surface area is 164 Å². The van der Waals surface area contributed by atoms with Gasteiger partial charge in [-0.2, -0.15) is 0 Å². The van der Waals surface area contributed by atoms with Gasteiger partial charge in [0.25, 0.3) is 0 Å². The molecule has 5 heteroatoms. The average Bonchev–Trinajstić information content (AvgIpc) is 2.71. The van der Waals surface area contributed by atoms with E-state index in [0.717, 1.165) is 19.3 Å². The van der Waals surface area contributed by atoms with Crippen LogP contribution in [0.2, 0.25) is 0 Å². The average molecular weight is 383 g/mol. The van der Waals surface area contributed by atoms with E-state index >= 15 is 0 Å². The van der Waals surface area contributed by atoms with Gasteiger partial charge in [-0.1, -0.05) is 77.6 Å². The van der Waals surface area contributed by atoms with Gasteiger partial charge in [0.15, 0.2) is 0 Å². The minimum absolute atomic E-state index is 0.0919. The molecule has 3 N–H and O–H groups in total. The molecule has 0 atom stereocenters. The molecule has 0 bridgehead atoms. The number of aliphatic hydroxyl groups excluding tert-OH is 3. The molecule has 27 heavy (non-hydrogen) atoms. The Morgan fingerprint density at radius 3 is 1.41 bits per heavy atom. The Kier molecular flexibility index (Phi) is 16.2. The van der Waals surface area contributed by atoms with E-state index in [2.05, 4.69) is 6.92 Å². The summed E-state index contributed by atoms with van der Waals surface area (Å²) in [5, 5.41) is 28.3. The highest BCUT2D eigenvalue weighted by Gasteiger charge is 2.36. The van der Waals surface area contributed by atoms with E-state index < -0.39 is 25.2 Å². The van der Waals surface area contributed by atoms with Crippen molar-refractivity contribution >= 4 is 11.9 Å². The molecule has 0 spiro atoms. The molecule has 0 aromatic rings. The summed E-state index contributed by atoms with van der Waals surface area (Å²) in [6.45, 7) is 0.336. The van der Waals surface area contributed by atoms with Gasteiger partial charge in [-0.15, -0.1) is 0 Å². The fraction of sp³-hybridized carbons (Fsp3) is 0.818. The Morgan fingerprint density at radius 2 is 1.07 bits per heavy atom. The normalized spacial score (nSPS) is 11.1. The summed E-state index contributed by atoms with van der Waals surface area (Å²) in [6, 6.07) is 0. The summed E-state index contributed by atoms with van der Waals surface area (Å²) >= 11 is 0.